The Balaban J connectivity index is 2.32. The van der Waals surface area contributed by atoms with E-state index in [4.69, 9.17) is 11.6 Å². The lowest BCUT2D eigenvalue weighted by molar-refractivity contribution is -0.384. The molecule has 2 rings (SSSR count). The van der Waals surface area contributed by atoms with Crippen LogP contribution >= 0.6 is 11.6 Å². The molecule has 0 aliphatic carbocycles. The maximum absolute atomic E-state index is 13.7. The smallest absolute Gasteiger partial charge is 0.292 e. The molecule has 0 aliphatic heterocycles. The highest BCUT2D eigenvalue weighted by Gasteiger charge is 2.16. The fourth-order valence-electron chi connectivity index (χ4n) is 1.98. The fraction of sp³-hybridized carbons (Fsp3) is 0.200. The van der Waals surface area contributed by atoms with Crippen LogP contribution in [0.2, 0.25) is 5.02 Å². The van der Waals surface area contributed by atoms with E-state index in [1.807, 2.05) is 6.92 Å². The summed E-state index contributed by atoms with van der Waals surface area (Å²) < 4.78 is 13.7. The van der Waals surface area contributed by atoms with Gasteiger partial charge >= 0.3 is 0 Å². The Morgan fingerprint density at radius 2 is 1.95 bits per heavy atom. The van der Waals surface area contributed by atoms with Crippen molar-refractivity contribution < 1.29 is 9.31 Å². The van der Waals surface area contributed by atoms with E-state index in [-0.39, 0.29) is 22.8 Å². The predicted octanol–water partition coefficient (Wildman–Crippen LogP) is 4.62. The number of benzene rings is 2. The summed E-state index contributed by atoms with van der Waals surface area (Å²) in [5.41, 5.74) is 2.35. The average Bonchev–Trinajstić information content (AvgIpc) is 2.41. The third-order valence-corrected chi connectivity index (χ3v) is 3.68. The maximum Gasteiger partial charge on any atom is 0.292 e. The minimum absolute atomic E-state index is 0.0365. The van der Waals surface area contributed by atoms with Crippen LogP contribution in [0, 0.1) is 29.8 Å². The number of anilines is 1. The molecule has 0 aromatic heterocycles. The largest absolute Gasteiger partial charge is 0.375 e. The molecular weight excluding hydrogens is 295 g/mol. The molecule has 110 valence electrons. The Labute approximate surface area is 126 Å². The Kier molecular flexibility index (Phi) is 4.43. The van der Waals surface area contributed by atoms with Crippen LogP contribution in [0.25, 0.3) is 0 Å². The molecule has 0 aliphatic rings. The SMILES string of the molecule is Cc1cc(NCc2c(F)cccc2Cl)c([N+](=O)[O-])cc1C. The summed E-state index contributed by atoms with van der Waals surface area (Å²) in [4.78, 5) is 10.6. The molecule has 6 heteroatoms. The number of aryl methyl sites for hydroxylation is 2. The number of nitrogens with one attached hydrogen (secondary N) is 1. The standard InChI is InChI=1S/C15H14ClFN2O2/c1-9-6-14(15(19(20)21)7-10(9)2)18-8-11-12(16)4-3-5-13(11)17/h3-7,18H,8H2,1-2H3. The molecule has 0 atom stereocenters. The van der Waals surface area contributed by atoms with E-state index in [1.165, 1.54) is 18.2 Å². The van der Waals surface area contributed by atoms with Crippen molar-refractivity contribution in [2.24, 2.45) is 0 Å². The highest BCUT2D eigenvalue weighted by atomic mass is 35.5. The molecule has 2 aromatic rings. The predicted molar refractivity (Wildman–Crippen MR) is 81.3 cm³/mol. The van der Waals surface area contributed by atoms with Crippen molar-refractivity contribution >= 4 is 23.0 Å². The molecule has 21 heavy (non-hydrogen) atoms. The minimum atomic E-state index is -0.461. The molecule has 0 spiro atoms. The molecule has 0 saturated carbocycles. The average molecular weight is 309 g/mol. The van der Waals surface area contributed by atoms with Gasteiger partial charge in [-0.3, -0.25) is 10.1 Å². The minimum Gasteiger partial charge on any atom is -0.375 e. The van der Waals surface area contributed by atoms with E-state index < -0.39 is 10.7 Å². The molecule has 0 heterocycles. The normalized spacial score (nSPS) is 10.5. The van der Waals surface area contributed by atoms with Crippen LogP contribution < -0.4 is 5.32 Å². The van der Waals surface area contributed by atoms with Crippen molar-refractivity contribution in [3.8, 4) is 0 Å². The molecule has 0 saturated heterocycles. The fourth-order valence-corrected chi connectivity index (χ4v) is 2.21. The van der Waals surface area contributed by atoms with Crippen molar-refractivity contribution in [3.05, 3.63) is 68.0 Å². The lowest BCUT2D eigenvalue weighted by Gasteiger charge is -2.11. The van der Waals surface area contributed by atoms with Gasteiger partial charge < -0.3 is 5.32 Å². The van der Waals surface area contributed by atoms with E-state index in [0.717, 1.165) is 11.1 Å². The first-order valence-electron chi connectivity index (χ1n) is 6.32. The van der Waals surface area contributed by atoms with Gasteiger partial charge in [0.15, 0.2) is 0 Å². The van der Waals surface area contributed by atoms with E-state index in [2.05, 4.69) is 5.32 Å². The summed E-state index contributed by atoms with van der Waals surface area (Å²) in [7, 11) is 0. The quantitative estimate of drug-likeness (QED) is 0.662. The number of rotatable bonds is 4. The molecule has 0 fully saturated rings. The zero-order chi connectivity index (χ0) is 15.6. The van der Waals surface area contributed by atoms with Crippen LogP contribution in [0.15, 0.2) is 30.3 Å². The lowest BCUT2D eigenvalue weighted by Crippen LogP contribution is -2.05. The van der Waals surface area contributed by atoms with Crippen LogP contribution in [0.4, 0.5) is 15.8 Å². The molecule has 0 bridgehead atoms. The van der Waals surface area contributed by atoms with Crippen LogP contribution in [-0.4, -0.2) is 4.92 Å². The topological polar surface area (TPSA) is 55.2 Å². The Bertz CT molecular complexity index is 684. The summed E-state index contributed by atoms with van der Waals surface area (Å²) in [5, 5.41) is 14.3. The number of nitrogens with zero attached hydrogens (tertiary/aromatic N) is 1. The van der Waals surface area contributed by atoms with Gasteiger partial charge in [-0.25, -0.2) is 4.39 Å². The van der Waals surface area contributed by atoms with E-state index in [0.29, 0.717) is 5.69 Å². The molecule has 2 aromatic carbocycles. The summed E-state index contributed by atoms with van der Waals surface area (Å²) in [5.74, 6) is -0.443. The number of hydrogen-bond acceptors (Lipinski definition) is 3. The highest BCUT2D eigenvalue weighted by Crippen LogP contribution is 2.29. The zero-order valence-corrected chi connectivity index (χ0v) is 12.4. The maximum atomic E-state index is 13.7. The lowest BCUT2D eigenvalue weighted by atomic mass is 10.1. The molecule has 0 radical (unpaired) electrons. The molecule has 4 nitrogen and oxygen atoms in total. The molecule has 0 unspecified atom stereocenters. The van der Waals surface area contributed by atoms with E-state index >= 15 is 0 Å². The molecule has 0 amide bonds. The van der Waals surface area contributed by atoms with Crippen LogP contribution in [0.3, 0.4) is 0 Å². The van der Waals surface area contributed by atoms with Gasteiger partial charge in [0.2, 0.25) is 0 Å². The van der Waals surface area contributed by atoms with Crippen molar-refractivity contribution in [2.45, 2.75) is 20.4 Å². The summed E-state index contributed by atoms with van der Waals surface area (Å²) in [6.07, 6.45) is 0. The van der Waals surface area contributed by atoms with Gasteiger partial charge in [-0.05, 0) is 43.2 Å². The van der Waals surface area contributed by atoms with Gasteiger partial charge in [-0.15, -0.1) is 0 Å². The van der Waals surface area contributed by atoms with Gasteiger partial charge in [0.1, 0.15) is 11.5 Å². The molecular formula is C15H14ClFN2O2. The summed E-state index contributed by atoms with van der Waals surface area (Å²) in [6, 6.07) is 7.58. The second kappa shape index (κ2) is 6.10. The third kappa shape index (κ3) is 3.31. The van der Waals surface area contributed by atoms with Gasteiger partial charge in [0, 0.05) is 23.2 Å². The van der Waals surface area contributed by atoms with Crippen LogP contribution in [-0.2, 0) is 6.54 Å². The first-order valence-corrected chi connectivity index (χ1v) is 6.70. The second-order valence-corrected chi connectivity index (χ2v) is 5.17. The first kappa shape index (κ1) is 15.3. The second-order valence-electron chi connectivity index (χ2n) is 4.76. The zero-order valence-electron chi connectivity index (χ0n) is 11.6. The van der Waals surface area contributed by atoms with Crippen molar-refractivity contribution in [3.63, 3.8) is 0 Å². The Morgan fingerprint density at radius 1 is 1.29 bits per heavy atom. The van der Waals surface area contributed by atoms with Crippen LogP contribution in [0.5, 0.6) is 0 Å². The van der Waals surface area contributed by atoms with Crippen LogP contribution in [0.1, 0.15) is 16.7 Å². The first-order chi connectivity index (χ1) is 9.90. The summed E-state index contributed by atoms with van der Waals surface area (Å²) in [6.45, 7) is 3.75. The highest BCUT2D eigenvalue weighted by molar-refractivity contribution is 6.31. The number of halogens is 2. The Morgan fingerprint density at radius 3 is 2.57 bits per heavy atom. The van der Waals surface area contributed by atoms with Gasteiger partial charge in [0.25, 0.3) is 5.69 Å². The number of nitro groups is 1. The van der Waals surface area contributed by atoms with E-state index in [9.17, 15) is 14.5 Å². The van der Waals surface area contributed by atoms with Crippen molar-refractivity contribution in [1.82, 2.24) is 0 Å². The van der Waals surface area contributed by atoms with Crippen molar-refractivity contribution in [1.29, 1.82) is 0 Å². The van der Waals surface area contributed by atoms with Gasteiger partial charge in [0.05, 0.1) is 4.92 Å². The summed E-state index contributed by atoms with van der Waals surface area (Å²) >= 11 is 5.94. The number of nitro benzene ring substituents is 1. The van der Waals surface area contributed by atoms with E-state index in [1.54, 1.807) is 19.1 Å². The van der Waals surface area contributed by atoms with Crippen molar-refractivity contribution in [2.75, 3.05) is 5.32 Å². The van der Waals surface area contributed by atoms with Gasteiger partial charge in [-0.1, -0.05) is 17.7 Å². The third-order valence-electron chi connectivity index (χ3n) is 3.33. The Hall–Kier alpha value is -2.14. The monoisotopic (exact) mass is 308 g/mol. The molecule has 1 N–H and O–H groups in total. The number of hydrogen-bond donors (Lipinski definition) is 1. The van der Waals surface area contributed by atoms with Gasteiger partial charge in [-0.2, -0.15) is 0 Å².